The van der Waals surface area contributed by atoms with Gasteiger partial charge in [-0.05, 0) is 20.8 Å². The normalized spacial score (nSPS) is 16.4. The predicted octanol–water partition coefficient (Wildman–Crippen LogP) is 3.68. The molecule has 2 aromatic rings. The number of urea groups is 1. The van der Waals surface area contributed by atoms with Gasteiger partial charge in [0.2, 0.25) is 0 Å². The predicted molar refractivity (Wildman–Crippen MR) is 103 cm³/mol. The topological polar surface area (TPSA) is 62.3 Å². The first kappa shape index (κ1) is 17.9. The van der Waals surface area contributed by atoms with Crippen LogP contribution in [0.4, 0.5) is 4.79 Å². The average molecular weight is 376 g/mol. The maximum Gasteiger partial charge on any atom is 0.325 e. The molecule has 0 atom stereocenters. The Kier molecular flexibility index (Phi) is 5.15. The van der Waals surface area contributed by atoms with E-state index in [4.69, 9.17) is 0 Å². The summed E-state index contributed by atoms with van der Waals surface area (Å²) in [5, 5.41) is 5.78. The number of imide groups is 1. The molecule has 25 heavy (non-hydrogen) atoms. The Bertz CT molecular complexity index is 784. The van der Waals surface area contributed by atoms with Crippen molar-refractivity contribution in [3.63, 3.8) is 0 Å². The molecular weight excluding hydrogens is 354 g/mol. The highest BCUT2D eigenvalue weighted by Gasteiger charge is 2.43. The molecule has 1 fully saturated rings. The molecule has 5 nitrogen and oxygen atoms in total. The number of hydrogen-bond acceptors (Lipinski definition) is 5. The number of carbonyl (C=O) groups is 2. The first-order valence-corrected chi connectivity index (χ1v) is 10.1. The van der Waals surface area contributed by atoms with Crippen LogP contribution < -0.4 is 5.32 Å². The minimum absolute atomic E-state index is 0.159. The van der Waals surface area contributed by atoms with E-state index in [2.05, 4.69) is 46.9 Å². The summed E-state index contributed by atoms with van der Waals surface area (Å²) in [6, 6.07) is 8.05. The average Bonchev–Trinajstić information content (AvgIpc) is 3.10. The second kappa shape index (κ2) is 7.17. The molecule has 0 saturated carbocycles. The number of benzene rings is 1. The Balaban J connectivity index is 1.49. The van der Waals surface area contributed by atoms with Gasteiger partial charge < -0.3 is 5.32 Å². The van der Waals surface area contributed by atoms with Crippen LogP contribution >= 0.6 is 23.1 Å². The van der Waals surface area contributed by atoms with Crippen LogP contribution in [0.5, 0.6) is 0 Å². The minimum Gasteiger partial charge on any atom is -0.324 e. The molecule has 7 heteroatoms. The second-order valence-electron chi connectivity index (χ2n) is 6.57. The van der Waals surface area contributed by atoms with E-state index in [0.717, 1.165) is 22.0 Å². The number of amides is 3. The zero-order valence-corrected chi connectivity index (χ0v) is 16.2. The number of aromatic nitrogens is 1. The van der Waals surface area contributed by atoms with Crippen LogP contribution in [0.2, 0.25) is 0 Å². The third-order valence-electron chi connectivity index (χ3n) is 4.00. The van der Waals surface area contributed by atoms with Gasteiger partial charge in [-0.25, -0.2) is 9.78 Å². The van der Waals surface area contributed by atoms with E-state index in [9.17, 15) is 9.59 Å². The van der Waals surface area contributed by atoms with E-state index in [-0.39, 0.29) is 11.9 Å². The van der Waals surface area contributed by atoms with Gasteiger partial charge in [-0.1, -0.05) is 29.8 Å². The molecule has 1 N–H and O–H groups in total. The van der Waals surface area contributed by atoms with Crippen molar-refractivity contribution in [3.8, 4) is 10.6 Å². The highest BCUT2D eigenvalue weighted by atomic mass is 32.2. The number of carbonyl (C=O) groups excluding carboxylic acids is 2. The van der Waals surface area contributed by atoms with E-state index in [1.165, 1.54) is 10.5 Å². The quantitative estimate of drug-likeness (QED) is 0.618. The summed E-state index contributed by atoms with van der Waals surface area (Å²) in [6.07, 6.45) is 0. The first-order valence-electron chi connectivity index (χ1n) is 8.10. The van der Waals surface area contributed by atoms with Gasteiger partial charge in [0.15, 0.2) is 0 Å². The molecule has 1 aliphatic heterocycles. The van der Waals surface area contributed by atoms with Gasteiger partial charge in [0.25, 0.3) is 5.91 Å². The summed E-state index contributed by atoms with van der Waals surface area (Å²) in [6.45, 7) is 5.94. The number of nitrogens with zero attached hydrogens (tertiary/aromatic N) is 2. The van der Waals surface area contributed by atoms with Crippen LogP contribution in [0.1, 0.15) is 25.1 Å². The molecule has 3 amide bonds. The van der Waals surface area contributed by atoms with Crippen LogP contribution in [0.15, 0.2) is 29.6 Å². The van der Waals surface area contributed by atoms with Crippen molar-refractivity contribution in [2.75, 3.05) is 12.3 Å². The van der Waals surface area contributed by atoms with Crippen molar-refractivity contribution in [2.45, 2.75) is 32.1 Å². The van der Waals surface area contributed by atoms with Crippen LogP contribution in [0, 0.1) is 6.92 Å². The van der Waals surface area contributed by atoms with Crippen molar-refractivity contribution in [1.29, 1.82) is 0 Å². The van der Waals surface area contributed by atoms with E-state index in [1.54, 1.807) is 36.9 Å². The third-order valence-corrected chi connectivity index (χ3v) is 5.92. The van der Waals surface area contributed by atoms with E-state index < -0.39 is 5.54 Å². The third kappa shape index (κ3) is 4.04. The molecule has 0 aliphatic carbocycles. The number of thiazole rings is 1. The van der Waals surface area contributed by atoms with Crippen LogP contribution in [-0.2, 0) is 10.5 Å². The largest absolute Gasteiger partial charge is 0.325 e. The Morgan fingerprint density at radius 2 is 1.96 bits per heavy atom. The van der Waals surface area contributed by atoms with Gasteiger partial charge in [-0.2, -0.15) is 11.8 Å². The SMILES string of the molecule is Cc1ccc(-c2nc(CSCCN3C(=O)NC(C)(C)C3=O)cs2)cc1. The zero-order valence-electron chi connectivity index (χ0n) is 14.5. The van der Waals surface area contributed by atoms with Crippen molar-refractivity contribution < 1.29 is 9.59 Å². The number of hydrogen-bond donors (Lipinski definition) is 1. The molecule has 0 unspecified atom stereocenters. The highest BCUT2D eigenvalue weighted by Crippen LogP contribution is 2.26. The summed E-state index contributed by atoms with van der Waals surface area (Å²) in [5.41, 5.74) is 2.61. The number of nitrogens with one attached hydrogen (secondary N) is 1. The molecule has 0 bridgehead atoms. The molecule has 0 spiro atoms. The maximum atomic E-state index is 12.1. The lowest BCUT2D eigenvalue weighted by Crippen LogP contribution is -2.40. The smallest absolute Gasteiger partial charge is 0.324 e. The Hall–Kier alpha value is -1.86. The Labute approximate surface area is 155 Å². The van der Waals surface area contributed by atoms with Gasteiger partial charge in [0.05, 0.1) is 5.69 Å². The van der Waals surface area contributed by atoms with Crippen LogP contribution in [0.3, 0.4) is 0 Å². The molecule has 3 rings (SSSR count). The molecule has 0 radical (unpaired) electrons. The molecule has 1 aromatic heterocycles. The summed E-state index contributed by atoms with van der Waals surface area (Å²) in [4.78, 5) is 29.9. The Morgan fingerprint density at radius 3 is 2.60 bits per heavy atom. The van der Waals surface area contributed by atoms with E-state index in [0.29, 0.717) is 12.3 Å². The monoisotopic (exact) mass is 375 g/mol. The first-order chi connectivity index (χ1) is 11.9. The molecule has 132 valence electrons. The summed E-state index contributed by atoms with van der Waals surface area (Å²) in [7, 11) is 0. The molecule has 1 aliphatic rings. The van der Waals surface area contributed by atoms with Crippen LogP contribution in [0.25, 0.3) is 10.6 Å². The van der Waals surface area contributed by atoms with Gasteiger partial charge in [-0.3, -0.25) is 9.69 Å². The van der Waals surface area contributed by atoms with Gasteiger partial charge >= 0.3 is 6.03 Å². The molecule has 1 aromatic carbocycles. The Morgan fingerprint density at radius 1 is 1.24 bits per heavy atom. The van der Waals surface area contributed by atoms with E-state index in [1.807, 2.05) is 0 Å². The van der Waals surface area contributed by atoms with E-state index >= 15 is 0 Å². The fourth-order valence-electron chi connectivity index (χ4n) is 2.56. The summed E-state index contributed by atoms with van der Waals surface area (Å²) < 4.78 is 0. The standard InChI is InChI=1S/C18H21N3O2S2/c1-12-4-6-13(7-5-12)15-19-14(11-25-15)10-24-9-8-21-16(22)18(2,3)20-17(21)23/h4-7,11H,8-10H2,1-3H3,(H,20,23). The zero-order chi connectivity index (χ0) is 18.0. The lowest BCUT2D eigenvalue weighted by atomic mass is 10.1. The summed E-state index contributed by atoms with van der Waals surface area (Å²) >= 11 is 3.32. The fraction of sp³-hybridized carbons (Fsp3) is 0.389. The molecular formula is C18H21N3O2S2. The van der Waals surface area contributed by atoms with Crippen molar-refractivity contribution in [1.82, 2.24) is 15.2 Å². The lowest BCUT2D eigenvalue weighted by molar-refractivity contribution is -0.130. The maximum absolute atomic E-state index is 12.1. The van der Waals surface area contributed by atoms with Gasteiger partial charge in [0.1, 0.15) is 10.5 Å². The van der Waals surface area contributed by atoms with Gasteiger partial charge in [0, 0.05) is 29.0 Å². The molecule has 1 saturated heterocycles. The lowest BCUT2D eigenvalue weighted by Gasteiger charge is -2.15. The van der Waals surface area contributed by atoms with Crippen LogP contribution in [-0.4, -0.2) is 39.7 Å². The molecule has 2 heterocycles. The number of aryl methyl sites for hydroxylation is 1. The van der Waals surface area contributed by atoms with Crippen molar-refractivity contribution in [2.24, 2.45) is 0 Å². The minimum atomic E-state index is -0.792. The highest BCUT2D eigenvalue weighted by molar-refractivity contribution is 7.98. The number of thioether (sulfide) groups is 1. The van der Waals surface area contributed by atoms with Crippen molar-refractivity contribution >= 4 is 35.0 Å². The summed E-state index contributed by atoms with van der Waals surface area (Å²) in [5.74, 6) is 1.32. The number of rotatable bonds is 6. The fourth-order valence-corrected chi connectivity index (χ4v) is 4.30. The van der Waals surface area contributed by atoms with Crippen molar-refractivity contribution in [3.05, 3.63) is 40.9 Å². The van der Waals surface area contributed by atoms with Gasteiger partial charge in [-0.15, -0.1) is 11.3 Å². The second-order valence-corrected chi connectivity index (χ2v) is 8.54.